The second kappa shape index (κ2) is 5.46. The maximum atomic E-state index is 12.4. The average molecular weight is 234 g/mol. The highest BCUT2D eigenvalue weighted by Crippen LogP contribution is 2.17. The van der Waals surface area contributed by atoms with Gasteiger partial charge in [0.15, 0.2) is 11.8 Å². The van der Waals surface area contributed by atoms with E-state index in [2.05, 4.69) is 26.2 Å². The van der Waals surface area contributed by atoms with Crippen LogP contribution in [-0.2, 0) is 11.2 Å². The molecule has 1 aromatic carbocycles. The van der Waals surface area contributed by atoms with Crippen molar-refractivity contribution in [2.45, 2.75) is 33.2 Å². The predicted octanol–water partition coefficient (Wildman–Crippen LogP) is 1.36. The number of rotatable bonds is 4. The molecule has 0 saturated carbocycles. The van der Waals surface area contributed by atoms with Gasteiger partial charge >= 0.3 is 0 Å². The molecular formula is C15H24NO+. The number of hydrogen-bond donors (Lipinski definition) is 1. The Balaban J connectivity index is 2.85. The van der Waals surface area contributed by atoms with Crippen molar-refractivity contribution in [2.24, 2.45) is 5.41 Å². The largest absolute Gasteiger partial charge is 0.331 e. The predicted molar refractivity (Wildman–Crippen MR) is 71.2 cm³/mol. The van der Waals surface area contributed by atoms with Gasteiger partial charge in [-0.2, -0.15) is 0 Å². The second-order valence-corrected chi connectivity index (χ2v) is 5.93. The third-order valence-corrected chi connectivity index (χ3v) is 3.04. The smallest absolute Gasteiger partial charge is 0.195 e. The van der Waals surface area contributed by atoms with Crippen LogP contribution in [0, 0.1) is 5.41 Å². The van der Waals surface area contributed by atoms with Crippen LogP contribution in [0.3, 0.4) is 0 Å². The minimum absolute atomic E-state index is 0.0393. The zero-order valence-corrected chi connectivity index (χ0v) is 11.6. The summed E-state index contributed by atoms with van der Waals surface area (Å²) in [5.74, 6) is 0.335. The molecule has 0 aromatic heterocycles. The van der Waals surface area contributed by atoms with Crippen molar-refractivity contribution in [3.8, 4) is 0 Å². The van der Waals surface area contributed by atoms with Gasteiger partial charge in [0.25, 0.3) is 0 Å². The van der Waals surface area contributed by atoms with Gasteiger partial charge in [0.2, 0.25) is 0 Å². The summed E-state index contributed by atoms with van der Waals surface area (Å²) in [6, 6.07) is 10.3. The Bertz CT molecular complexity index is 362. The summed E-state index contributed by atoms with van der Waals surface area (Å²) in [5.41, 5.74) is 0.966. The van der Waals surface area contributed by atoms with E-state index in [0.717, 1.165) is 6.42 Å². The summed E-state index contributed by atoms with van der Waals surface area (Å²) in [4.78, 5) is 13.6. The molecule has 1 atom stereocenters. The Morgan fingerprint density at radius 1 is 1.18 bits per heavy atom. The van der Waals surface area contributed by atoms with Crippen molar-refractivity contribution >= 4 is 5.78 Å². The molecule has 0 aliphatic carbocycles. The van der Waals surface area contributed by atoms with E-state index in [-0.39, 0.29) is 11.5 Å². The molecule has 0 aliphatic heterocycles. The molecule has 0 saturated heterocycles. The van der Waals surface area contributed by atoms with Crippen molar-refractivity contribution in [3.05, 3.63) is 35.9 Å². The minimum Gasteiger partial charge on any atom is -0.331 e. The van der Waals surface area contributed by atoms with E-state index in [0.29, 0.717) is 5.78 Å². The highest BCUT2D eigenvalue weighted by molar-refractivity contribution is 5.87. The summed E-state index contributed by atoms with van der Waals surface area (Å²) in [6.07, 6.45) is 0.819. The van der Waals surface area contributed by atoms with Gasteiger partial charge in [0.05, 0.1) is 14.1 Å². The minimum atomic E-state index is -0.267. The molecule has 0 heterocycles. The number of likely N-dealkylation sites (N-methyl/N-ethyl adjacent to an activating group) is 1. The zero-order valence-electron chi connectivity index (χ0n) is 11.6. The maximum absolute atomic E-state index is 12.4. The van der Waals surface area contributed by atoms with Gasteiger partial charge in [-0.05, 0) is 5.56 Å². The molecule has 0 amide bonds. The number of ketones is 1. The van der Waals surface area contributed by atoms with Gasteiger partial charge in [-0.1, -0.05) is 51.1 Å². The molecular weight excluding hydrogens is 210 g/mol. The van der Waals surface area contributed by atoms with Crippen LogP contribution in [-0.4, -0.2) is 25.9 Å². The average Bonchev–Trinajstić information content (AvgIpc) is 2.24. The van der Waals surface area contributed by atoms with Crippen LogP contribution < -0.4 is 4.90 Å². The van der Waals surface area contributed by atoms with E-state index in [1.54, 1.807) is 0 Å². The van der Waals surface area contributed by atoms with Crippen LogP contribution in [0.15, 0.2) is 30.3 Å². The second-order valence-electron chi connectivity index (χ2n) is 5.93. The van der Waals surface area contributed by atoms with Crippen LogP contribution in [0.1, 0.15) is 26.3 Å². The Morgan fingerprint density at radius 2 is 1.71 bits per heavy atom. The summed E-state index contributed by atoms with van der Waals surface area (Å²) in [5, 5.41) is 0. The lowest BCUT2D eigenvalue weighted by Gasteiger charge is -2.27. The highest BCUT2D eigenvalue weighted by Gasteiger charge is 2.33. The van der Waals surface area contributed by atoms with Crippen LogP contribution in [0.5, 0.6) is 0 Å². The first-order chi connectivity index (χ1) is 7.82. The number of carbonyl (C=O) groups is 1. The Hall–Kier alpha value is -1.15. The Morgan fingerprint density at radius 3 is 2.12 bits per heavy atom. The molecule has 2 heteroatoms. The van der Waals surface area contributed by atoms with E-state index >= 15 is 0 Å². The third kappa shape index (κ3) is 3.97. The van der Waals surface area contributed by atoms with E-state index in [1.807, 2.05) is 39.0 Å². The van der Waals surface area contributed by atoms with E-state index in [4.69, 9.17) is 0 Å². The van der Waals surface area contributed by atoms with Crippen LogP contribution >= 0.6 is 0 Å². The van der Waals surface area contributed by atoms with Gasteiger partial charge in [-0.3, -0.25) is 4.79 Å². The monoisotopic (exact) mass is 234 g/mol. The lowest BCUT2D eigenvalue weighted by molar-refractivity contribution is -0.875. The SMILES string of the molecule is C[NH+](C)[C@H](Cc1ccccc1)C(=O)C(C)(C)C. The highest BCUT2D eigenvalue weighted by atomic mass is 16.1. The molecule has 0 bridgehead atoms. The molecule has 17 heavy (non-hydrogen) atoms. The van der Waals surface area contributed by atoms with Crippen molar-refractivity contribution in [1.29, 1.82) is 0 Å². The van der Waals surface area contributed by atoms with E-state index in [9.17, 15) is 4.79 Å². The molecule has 1 N–H and O–H groups in total. The molecule has 0 spiro atoms. The number of hydrogen-bond acceptors (Lipinski definition) is 1. The molecule has 1 aromatic rings. The first-order valence-corrected chi connectivity index (χ1v) is 6.20. The first kappa shape index (κ1) is 13.9. The molecule has 0 fully saturated rings. The standard InChI is InChI=1S/C15H23NO/c1-15(2,3)14(17)13(16(4)5)11-12-9-7-6-8-10-12/h6-10,13H,11H2,1-5H3/p+1/t13-/m1/s1. The summed E-state index contributed by atoms with van der Waals surface area (Å²) >= 11 is 0. The number of carbonyl (C=O) groups excluding carboxylic acids is 1. The topological polar surface area (TPSA) is 21.5 Å². The van der Waals surface area contributed by atoms with Gasteiger partial charge < -0.3 is 4.90 Å². The number of Topliss-reactive ketones (excluding diaryl/α,β-unsaturated/α-hetero) is 1. The van der Waals surface area contributed by atoms with Crippen molar-refractivity contribution in [2.75, 3.05) is 14.1 Å². The van der Waals surface area contributed by atoms with Crippen molar-refractivity contribution in [3.63, 3.8) is 0 Å². The van der Waals surface area contributed by atoms with E-state index < -0.39 is 0 Å². The van der Waals surface area contributed by atoms with Gasteiger partial charge in [-0.15, -0.1) is 0 Å². The molecule has 0 radical (unpaired) electrons. The maximum Gasteiger partial charge on any atom is 0.195 e. The third-order valence-electron chi connectivity index (χ3n) is 3.04. The molecule has 0 unspecified atom stereocenters. The Labute approximate surface area is 105 Å². The molecule has 2 nitrogen and oxygen atoms in total. The van der Waals surface area contributed by atoms with Crippen molar-refractivity contribution < 1.29 is 9.69 Å². The fraction of sp³-hybridized carbons (Fsp3) is 0.533. The number of quaternary nitrogens is 1. The quantitative estimate of drug-likeness (QED) is 0.834. The lowest BCUT2D eigenvalue weighted by Crippen LogP contribution is -3.11. The number of benzene rings is 1. The fourth-order valence-electron chi connectivity index (χ4n) is 1.93. The normalized spacial score (nSPS) is 13.8. The van der Waals surface area contributed by atoms with Crippen molar-refractivity contribution in [1.82, 2.24) is 0 Å². The lowest BCUT2D eigenvalue weighted by atomic mass is 9.84. The van der Waals surface area contributed by atoms with Gasteiger partial charge in [-0.25, -0.2) is 0 Å². The summed E-state index contributed by atoms with van der Waals surface area (Å²) < 4.78 is 0. The molecule has 1 rings (SSSR count). The first-order valence-electron chi connectivity index (χ1n) is 6.20. The zero-order chi connectivity index (χ0) is 13.1. The van der Waals surface area contributed by atoms with Gasteiger partial charge in [0, 0.05) is 11.8 Å². The summed E-state index contributed by atoms with van der Waals surface area (Å²) in [7, 11) is 4.11. The van der Waals surface area contributed by atoms with Gasteiger partial charge in [0.1, 0.15) is 0 Å². The van der Waals surface area contributed by atoms with Crippen LogP contribution in [0.2, 0.25) is 0 Å². The van der Waals surface area contributed by atoms with Crippen LogP contribution in [0.4, 0.5) is 0 Å². The molecule has 0 aliphatic rings. The fourth-order valence-corrected chi connectivity index (χ4v) is 1.93. The number of nitrogens with one attached hydrogen (secondary N) is 1. The Kier molecular flexibility index (Phi) is 4.47. The van der Waals surface area contributed by atoms with Crippen LogP contribution in [0.25, 0.3) is 0 Å². The molecule has 94 valence electrons. The summed E-state index contributed by atoms with van der Waals surface area (Å²) in [6.45, 7) is 5.99. The van der Waals surface area contributed by atoms with E-state index in [1.165, 1.54) is 10.5 Å².